The van der Waals surface area contributed by atoms with Crippen LogP contribution in [0.25, 0.3) is 10.4 Å². The van der Waals surface area contributed by atoms with Gasteiger partial charge in [0, 0.05) is 17.0 Å². The van der Waals surface area contributed by atoms with Crippen LogP contribution >= 0.6 is 0 Å². The number of nitrogens with one attached hydrogen (secondary N) is 1. The van der Waals surface area contributed by atoms with Gasteiger partial charge in [-0.1, -0.05) is 23.3 Å². The zero-order valence-corrected chi connectivity index (χ0v) is 10.6. The molecule has 0 aliphatic heterocycles. The molecule has 1 aromatic rings. The number of primary amides is 1. The quantitative estimate of drug-likeness (QED) is 0.340. The summed E-state index contributed by atoms with van der Waals surface area (Å²) in [5.41, 5.74) is 12.4. The van der Waals surface area contributed by atoms with Gasteiger partial charge in [0.15, 0.2) is 0 Å². The highest BCUT2D eigenvalue weighted by Crippen LogP contribution is 2.23. The number of hydrogen-bond donors (Lipinski definition) is 2. The van der Waals surface area contributed by atoms with E-state index in [1.54, 1.807) is 12.1 Å². The predicted octanol–water partition coefficient (Wildman–Crippen LogP) is 1.82. The maximum absolute atomic E-state index is 13.8. The molecule has 19 heavy (non-hydrogen) atoms. The van der Waals surface area contributed by atoms with Crippen molar-refractivity contribution < 1.29 is 9.18 Å². The Balaban J connectivity index is 2.83. The molecule has 1 atom stereocenters. The van der Waals surface area contributed by atoms with Gasteiger partial charge in [-0.05, 0) is 31.5 Å². The average Bonchev–Trinajstić information content (AvgIpc) is 2.38. The van der Waals surface area contributed by atoms with E-state index in [9.17, 15) is 9.18 Å². The van der Waals surface area contributed by atoms with Gasteiger partial charge in [-0.3, -0.25) is 10.1 Å². The van der Waals surface area contributed by atoms with Crippen molar-refractivity contribution in [1.82, 2.24) is 5.32 Å². The highest BCUT2D eigenvalue weighted by molar-refractivity contribution is 5.85. The molecule has 1 rings (SSSR count). The zero-order chi connectivity index (χ0) is 14.3. The van der Waals surface area contributed by atoms with Crippen molar-refractivity contribution in [3.8, 4) is 0 Å². The standard InChI is InChI=1S/C12H16FN5O/c1-12(11(14)19,16-7-4-8-17-18-15)9-5-2-3-6-10(9)13/h2-3,5-6,16H,4,7-8H2,1H3,(H2,14,19). The van der Waals surface area contributed by atoms with Crippen LogP contribution in [0.2, 0.25) is 0 Å². The number of hydrogen-bond acceptors (Lipinski definition) is 3. The molecule has 3 N–H and O–H groups in total. The van der Waals surface area contributed by atoms with Gasteiger partial charge in [0.25, 0.3) is 0 Å². The largest absolute Gasteiger partial charge is 0.368 e. The second kappa shape index (κ2) is 6.72. The van der Waals surface area contributed by atoms with Crippen LogP contribution in [0.5, 0.6) is 0 Å². The number of amides is 1. The van der Waals surface area contributed by atoms with E-state index in [2.05, 4.69) is 15.3 Å². The normalized spacial score (nSPS) is 13.4. The number of nitrogens with two attached hydrogens (primary N) is 1. The van der Waals surface area contributed by atoms with Crippen LogP contribution in [0.3, 0.4) is 0 Å². The third kappa shape index (κ3) is 3.67. The monoisotopic (exact) mass is 265 g/mol. The van der Waals surface area contributed by atoms with Crippen molar-refractivity contribution in [1.29, 1.82) is 0 Å². The molecule has 1 aromatic carbocycles. The predicted molar refractivity (Wildman–Crippen MR) is 69.6 cm³/mol. The summed E-state index contributed by atoms with van der Waals surface area (Å²) in [5.74, 6) is -1.16. The van der Waals surface area contributed by atoms with Gasteiger partial charge < -0.3 is 5.73 Å². The summed E-state index contributed by atoms with van der Waals surface area (Å²) in [6, 6.07) is 5.97. The van der Waals surface area contributed by atoms with E-state index in [1.165, 1.54) is 19.1 Å². The molecule has 0 spiro atoms. The lowest BCUT2D eigenvalue weighted by molar-refractivity contribution is -0.124. The number of carbonyl (C=O) groups is 1. The van der Waals surface area contributed by atoms with Gasteiger partial charge in [-0.25, -0.2) is 4.39 Å². The van der Waals surface area contributed by atoms with Crippen LogP contribution in [-0.4, -0.2) is 19.0 Å². The van der Waals surface area contributed by atoms with Crippen molar-refractivity contribution in [3.05, 3.63) is 46.1 Å². The molecule has 0 heterocycles. The first-order valence-corrected chi connectivity index (χ1v) is 5.83. The van der Waals surface area contributed by atoms with Gasteiger partial charge in [-0.2, -0.15) is 0 Å². The van der Waals surface area contributed by atoms with Crippen LogP contribution in [0.4, 0.5) is 4.39 Å². The van der Waals surface area contributed by atoms with Crippen molar-refractivity contribution >= 4 is 5.91 Å². The van der Waals surface area contributed by atoms with Crippen molar-refractivity contribution in [2.75, 3.05) is 13.1 Å². The number of benzene rings is 1. The van der Waals surface area contributed by atoms with Crippen molar-refractivity contribution in [3.63, 3.8) is 0 Å². The first-order valence-electron chi connectivity index (χ1n) is 5.83. The van der Waals surface area contributed by atoms with E-state index in [4.69, 9.17) is 11.3 Å². The van der Waals surface area contributed by atoms with Gasteiger partial charge in [-0.15, -0.1) is 0 Å². The molecule has 102 valence electrons. The molecule has 0 saturated heterocycles. The fourth-order valence-electron chi connectivity index (χ4n) is 1.71. The maximum Gasteiger partial charge on any atom is 0.242 e. The molecule has 0 saturated carbocycles. The number of nitrogens with zero attached hydrogens (tertiary/aromatic N) is 3. The molecule has 0 fully saturated rings. The topological polar surface area (TPSA) is 104 Å². The van der Waals surface area contributed by atoms with Crippen LogP contribution in [0.15, 0.2) is 29.4 Å². The number of rotatable bonds is 7. The second-order valence-corrected chi connectivity index (χ2v) is 4.20. The Bertz CT molecular complexity index is 501. The van der Waals surface area contributed by atoms with Crippen LogP contribution in [0, 0.1) is 5.82 Å². The van der Waals surface area contributed by atoms with Gasteiger partial charge in [0.1, 0.15) is 11.4 Å². The van der Waals surface area contributed by atoms with Crippen LogP contribution < -0.4 is 11.1 Å². The van der Waals surface area contributed by atoms with Gasteiger partial charge in [0.2, 0.25) is 5.91 Å². The van der Waals surface area contributed by atoms with E-state index in [1.807, 2.05) is 0 Å². The summed E-state index contributed by atoms with van der Waals surface area (Å²) in [4.78, 5) is 14.2. The summed E-state index contributed by atoms with van der Waals surface area (Å²) in [6.07, 6.45) is 0.529. The molecule has 1 amide bonds. The van der Waals surface area contributed by atoms with E-state index in [0.717, 1.165) is 0 Å². The first kappa shape index (κ1) is 14.9. The lowest BCUT2D eigenvalue weighted by Gasteiger charge is -2.28. The maximum atomic E-state index is 13.8. The molecule has 0 aromatic heterocycles. The third-order valence-corrected chi connectivity index (χ3v) is 2.88. The minimum absolute atomic E-state index is 0.200. The summed E-state index contributed by atoms with van der Waals surface area (Å²) >= 11 is 0. The minimum atomic E-state index is -1.29. The van der Waals surface area contributed by atoms with Gasteiger partial charge in [0.05, 0.1) is 0 Å². The summed E-state index contributed by atoms with van der Waals surface area (Å²) in [6.45, 7) is 2.21. The second-order valence-electron chi connectivity index (χ2n) is 4.20. The van der Waals surface area contributed by atoms with E-state index < -0.39 is 17.3 Å². The number of carbonyl (C=O) groups excluding carboxylic acids is 1. The fraction of sp³-hybridized carbons (Fsp3) is 0.417. The number of halogens is 1. The highest BCUT2D eigenvalue weighted by Gasteiger charge is 2.34. The lowest BCUT2D eigenvalue weighted by Crippen LogP contribution is -2.51. The Hall–Kier alpha value is -2.11. The van der Waals surface area contributed by atoms with Crippen molar-refractivity contribution in [2.45, 2.75) is 18.9 Å². The molecule has 0 aliphatic rings. The molecule has 6 nitrogen and oxygen atoms in total. The Labute approximate surface area is 110 Å². The Kier molecular flexibility index (Phi) is 5.29. The molecule has 7 heteroatoms. The van der Waals surface area contributed by atoms with Crippen LogP contribution in [0.1, 0.15) is 18.9 Å². The summed E-state index contributed by atoms with van der Waals surface area (Å²) in [7, 11) is 0. The van der Waals surface area contributed by atoms with E-state index >= 15 is 0 Å². The molecule has 0 bridgehead atoms. The smallest absolute Gasteiger partial charge is 0.242 e. The first-order chi connectivity index (χ1) is 9.02. The zero-order valence-electron chi connectivity index (χ0n) is 10.6. The van der Waals surface area contributed by atoms with Crippen molar-refractivity contribution in [2.24, 2.45) is 10.8 Å². The van der Waals surface area contributed by atoms with E-state index in [0.29, 0.717) is 19.5 Å². The van der Waals surface area contributed by atoms with Gasteiger partial charge >= 0.3 is 0 Å². The number of azide groups is 1. The SMILES string of the molecule is CC(NCCCN=[N+]=[N-])(C(N)=O)c1ccccc1F. The molecule has 1 unspecified atom stereocenters. The molecular formula is C12H16FN5O. The fourth-order valence-corrected chi connectivity index (χ4v) is 1.71. The average molecular weight is 265 g/mol. The Morgan fingerprint density at radius 3 is 2.84 bits per heavy atom. The molecular weight excluding hydrogens is 249 g/mol. The van der Waals surface area contributed by atoms with Crippen LogP contribution in [-0.2, 0) is 10.3 Å². The Morgan fingerprint density at radius 1 is 1.58 bits per heavy atom. The van der Waals surface area contributed by atoms with E-state index in [-0.39, 0.29) is 5.56 Å². The molecule has 0 aliphatic carbocycles. The summed E-state index contributed by atoms with van der Waals surface area (Å²) < 4.78 is 13.8. The lowest BCUT2D eigenvalue weighted by atomic mass is 9.90. The Morgan fingerprint density at radius 2 is 2.26 bits per heavy atom. The highest BCUT2D eigenvalue weighted by atomic mass is 19.1. The summed E-state index contributed by atoms with van der Waals surface area (Å²) in [5, 5.41) is 6.29. The third-order valence-electron chi connectivity index (χ3n) is 2.88. The molecule has 0 radical (unpaired) electrons. The minimum Gasteiger partial charge on any atom is -0.368 e.